The van der Waals surface area contributed by atoms with Crippen LogP contribution in [0.3, 0.4) is 0 Å². The Hall–Kier alpha value is -3.29. The number of hydrogen-bond donors (Lipinski definition) is 2. The predicted octanol–water partition coefficient (Wildman–Crippen LogP) is 4.46. The van der Waals surface area contributed by atoms with Gasteiger partial charge in [-0.2, -0.15) is 5.10 Å². The summed E-state index contributed by atoms with van der Waals surface area (Å²) in [5, 5.41) is 8.43. The minimum atomic E-state index is -0.661. The molecule has 0 saturated carbocycles. The maximum absolute atomic E-state index is 13.6. The molecule has 0 unspecified atom stereocenters. The Morgan fingerprint density at radius 1 is 1.03 bits per heavy atom. The van der Waals surface area contributed by atoms with Crippen molar-refractivity contribution in [3.05, 3.63) is 98.6 Å². The van der Waals surface area contributed by atoms with Crippen LogP contribution in [-0.2, 0) is 4.79 Å². The highest BCUT2D eigenvalue weighted by Gasteiger charge is 2.16. The number of nitrogens with zero attached hydrogens (tertiary/aromatic N) is 1. The fourth-order valence-electron chi connectivity index (χ4n) is 2.31. The van der Waals surface area contributed by atoms with E-state index in [0.29, 0.717) is 0 Å². The number of thiophene rings is 1. The number of halogens is 2. The molecule has 2 aromatic carbocycles. The zero-order chi connectivity index (χ0) is 20.6. The summed E-state index contributed by atoms with van der Waals surface area (Å²) in [6, 6.07) is 16.1. The van der Waals surface area contributed by atoms with Gasteiger partial charge in [0.05, 0.1) is 16.8 Å². The van der Waals surface area contributed by atoms with Gasteiger partial charge in [-0.1, -0.05) is 48.0 Å². The molecule has 8 heteroatoms. The lowest BCUT2D eigenvalue weighted by molar-refractivity contribution is -0.117. The van der Waals surface area contributed by atoms with Gasteiger partial charge in [-0.05, 0) is 35.7 Å². The summed E-state index contributed by atoms with van der Waals surface area (Å²) in [5.41, 5.74) is 2.72. The minimum Gasteiger partial charge on any atom is -0.317 e. The van der Waals surface area contributed by atoms with Gasteiger partial charge in [-0.25, -0.2) is 9.82 Å². The van der Waals surface area contributed by atoms with E-state index in [2.05, 4.69) is 15.8 Å². The second kappa shape index (κ2) is 9.77. The van der Waals surface area contributed by atoms with E-state index in [4.69, 9.17) is 11.6 Å². The molecule has 146 valence electrons. The van der Waals surface area contributed by atoms with Gasteiger partial charge in [0.25, 0.3) is 11.8 Å². The number of nitrogens with one attached hydrogen (secondary N) is 2. The third-order valence-electron chi connectivity index (χ3n) is 3.72. The molecule has 2 amide bonds. The molecule has 0 bridgehead atoms. The van der Waals surface area contributed by atoms with E-state index in [-0.39, 0.29) is 21.8 Å². The summed E-state index contributed by atoms with van der Waals surface area (Å²) in [6.07, 6.45) is 2.71. The summed E-state index contributed by atoms with van der Waals surface area (Å²) in [7, 11) is 0. The van der Waals surface area contributed by atoms with E-state index >= 15 is 0 Å². The molecule has 3 rings (SSSR count). The summed E-state index contributed by atoms with van der Waals surface area (Å²) in [4.78, 5) is 25.9. The maximum Gasteiger partial charge on any atom is 0.287 e. The molecule has 0 aliphatic heterocycles. The van der Waals surface area contributed by atoms with Crippen molar-refractivity contribution in [1.29, 1.82) is 0 Å². The normalized spacial score (nSPS) is 11.4. The zero-order valence-electron chi connectivity index (χ0n) is 14.9. The quantitative estimate of drug-likeness (QED) is 0.346. The second-order valence-corrected chi connectivity index (χ2v) is 7.11. The van der Waals surface area contributed by atoms with E-state index in [1.165, 1.54) is 35.8 Å². The molecule has 29 heavy (non-hydrogen) atoms. The van der Waals surface area contributed by atoms with Crippen LogP contribution >= 0.6 is 22.9 Å². The van der Waals surface area contributed by atoms with Crippen molar-refractivity contribution in [3.8, 4) is 0 Å². The van der Waals surface area contributed by atoms with Gasteiger partial charge in [-0.3, -0.25) is 9.59 Å². The Morgan fingerprint density at radius 2 is 1.79 bits per heavy atom. The molecule has 0 aliphatic rings. The van der Waals surface area contributed by atoms with Gasteiger partial charge < -0.3 is 5.32 Å². The SMILES string of the molecule is O=C(NN=Cc1ccccc1F)/C(=C/c1cccs1)NC(=O)c1ccccc1Cl. The van der Waals surface area contributed by atoms with E-state index in [1.54, 1.807) is 42.5 Å². The summed E-state index contributed by atoms with van der Waals surface area (Å²) in [5.74, 6) is -1.66. The van der Waals surface area contributed by atoms with E-state index in [1.807, 2.05) is 11.4 Å². The van der Waals surface area contributed by atoms with Crippen LogP contribution in [0.2, 0.25) is 5.02 Å². The molecule has 3 aromatic rings. The smallest absolute Gasteiger partial charge is 0.287 e. The second-order valence-electron chi connectivity index (χ2n) is 5.73. The molecule has 0 aliphatic carbocycles. The fraction of sp³-hybridized carbons (Fsp3) is 0. The molecule has 0 atom stereocenters. The standard InChI is InChI=1S/C21H15ClFN3O2S/c22-17-9-3-2-8-16(17)20(27)25-19(12-15-7-5-11-29-15)21(28)26-24-13-14-6-1-4-10-18(14)23/h1-13H,(H,25,27)(H,26,28)/b19-12-,24-13?. The average molecular weight is 428 g/mol. The van der Waals surface area contributed by atoms with Crippen molar-refractivity contribution >= 4 is 47.0 Å². The van der Waals surface area contributed by atoms with E-state index in [0.717, 1.165) is 4.88 Å². The number of carbonyl (C=O) groups excluding carboxylic acids is 2. The topological polar surface area (TPSA) is 70.6 Å². The molecule has 1 heterocycles. The molecule has 0 fully saturated rings. The Balaban J connectivity index is 1.78. The molecule has 1 aromatic heterocycles. The van der Waals surface area contributed by atoms with Crippen molar-refractivity contribution in [2.24, 2.45) is 5.10 Å². The summed E-state index contributed by atoms with van der Waals surface area (Å²) < 4.78 is 13.6. The van der Waals surface area contributed by atoms with Crippen LogP contribution in [0.1, 0.15) is 20.8 Å². The zero-order valence-corrected chi connectivity index (χ0v) is 16.5. The maximum atomic E-state index is 13.6. The number of hydrogen-bond acceptors (Lipinski definition) is 4. The predicted molar refractivity (Wildman–Crippen MR) is 113 cm³/mol. The lowest BCUT2D eigenvalue weighted by Crippen LogP contribution is -2.33. The Labute approximate surface area is 175 Å². The number of rotatable bonds is 6. The van der Waals surface area contributed by atoms with Crippen LogP contribution in [0.25, 0.3) is 6.08 Å². The van der Waals surface area contributed by atoms with Gasteiger partial charge >= 0.3 is 0 Å². The van der Waals surface area contributed by atoms with Gasteiger partial charge in [-0.15, -0.1) is 11.3 Å². The molecular weight excluding hydrogens is 413 g/mol. The highest BCUT2D eigenvalue weighted by Crippen LogP contribution is 2.16. The van der Waals surface area contributed by atoms with Gasteiger partial charge in [0.15, 0.2) is 0 Å². The third-order valence-corrected chi connectivity index (χ3v) is 4.86. The van der Waals surface area contributed by atoms with Crippen molar-refractivity contribution in [2.75, 3.05) is 0 Å². The van der Waals surface area contributed by atoms with Crippen molar-refractivity contribution in [1.82, 2.24) is 10.7 Å². The first-order valence-electron chi connectivity index (χ1n) is 8.43. The third kappa shape index (κ3) is 5.60. The summed E-state index contributed by atoms with van der Waals surface area (Å²) in [6.45, 7) is 0. The van der Waals surface area contributed by atoms with Crippen LogP contribution < -0.4 is 10.7 Å². The molecule has 2 N–H and O–H groups in total. The Bertz CT molecular complexity index is 1080. The first kappa shape index (κ1) is 20.4. The highest BCUT2D eigenvalue weighted by atomic mass is 35.5. The van der Waals surface area contributed by atoms with Crippen molar-refractivity contribution < 1.29 is 14.0 Å². The number of benzene rings is 2. The van der Waals surface area contributed by atoms with Crippen LogP contribution in [0, 0.1) is 5.82 Å². The fourth-order valence-corrected chi connectivity index (χ4v) is 3.19. The molecule has 5 nitrogen and oxygen atoms in total. The Kier molecular flexibility index (Phi) is 6.89. The van der Waals surface area contributed by atoms with Crippen LogP contribution in [-0.4, -0.2) is 18.0 Å². The van der Waals surface area contributed by atoms with E-state index < -0.39 is 17.6 Å². The van der Waals surface area contributed by atoms with Crippen LogP contribution in [0.4, 0.5) is 4.39 Å². The highest BCUT2D eigenvalue weighted by molar-refractivity contribution is 7.10. The van der Waals surface area contributed by atoms with Gasteiger partial charge in [0.1, 0.15) is 11.5 Å². The van der Waals surface area contributed by atoms with Gasteiger partial charge in [0.2, 0.25) is 0 Å². The van der Waals surface area contributed by atoms with Crippen molar-refractivity contribution in [3.63, 3.8) is 0 Å². The van der Waals surface area contributed by atoms with Gasteiger partial charge in [0, 0.05) is 10.4 Å². The summed E-state index contributed by atoms with van der Waals surface area (Å²) >= 11 is 7.45. The number of hydrazone groups is 1. The molecule has 0 saturated heterocycles. The average Bonchev–Trinajstić information content (AvgIpc) is 3.22. The van der Waals surface area contributed by atoms with E-state index in [9.17, 15) is 14.0 Å². The monoisotopic (exact) mass is 427 g/mol. The first-order chi connectivity index (χ1) is 14.0. The van der Waals surface area contributed by atoms with Crippen LogP contribution in [0.15, 0.2) is 76.8 Å². The number of amides is 2. The number of carbonyl (C=O) groups is 2. The largest absolute Gasteiger partial charge is 0.317 e. The molecule has 0 radical (unpaired) electrons. The minimum absolute atomic E-state index is 0.0250. The molecular formula is C21H15ClFN3O2S. The van der Waals surface area contributed by atoms with Crippen molar-refractivity contribution in [2.45, 2.75) is 0 Å². The Morgan fingerprint density at radius 3 is 2.52 bits per heavy atom. The lowest BCUT2D eigenvalue weighted by atomic mass is 10.2. The van der Waals surface area contributed by atoms with Crippen LogP contribution in [0.5, 0.6) is 0 Å². The molecule has 0 spiro atoms. The lowest BCUT2D eigenvalue weighted by Gasteiger charge is -2.09. The first-order valence-corrected chi connectivity index (χ1v) is 9.69.